The first-order chi connectivity index (χ1) is 8.56. The van der Waals surface area contributed by atoms with Gasteiger partial charge in [0, 0.05) is 21.8 Å². The van der Waals surface area contributed by atoms with Gasteiger partial charge in [0.15, 0.2) is 0 Å². The molecule has 0 radical (unpaired) electrons. The summed E-state index contributed by atoms with van der Waals surface area (Å²) in [5.74, 6) is -0.344. The van der Waals surface area contributed by atoms with Gasteiger partial charge in [-0.2, -0.15) is 0 Å². The van der Waals surface area contributed by atoms with E-state index in [1.165, 1.54) is 6.07 Å². The Kier molecular flexibility index (Phi) is 3.53. The van der Waals surface area contributed by atoms with Crippen LogP contribution in [0.1, 0.15) is 10.4 Å². The Bertz CT molecular complexity index is 582. The molecule has 0 aliphatic rings. The largest absolute Gasteiger partial charge is 0.506 e. The summed E-state index contributed by atoms with van der Waals surface area (Å²) in [7, 11) is 0. The van der Waals surface area contributed by atoms with E-state index in [-0.39, 0.29) is 11.7 Å². The van der Waals surface area contributed by atoms with Crippen molar-refractivity contribution in [1.29, 1.82) is 0 Å². The molecule has 1 amide bonds. The molecule has 0 fully saturated rings. The van der Waals surface area contributed by atoms with E-state index in [2.05, 4.69) is 21.2 Å². The molecule has 5 heteroatoms. The fourth-order valence-electron chi connectivity index (χ4n) is 1.45. The second kappa shape index (κ2) is 5.10. The maximum atomic E-state index is 11.9. The van der Waals surface area contributed by atoms with Crippen molar-refractivity contribution >= 4 is 33.2 Å². The first-order valence-corrected chi connectivity index (χ1v) is 6.01. The van der Waals surface area contributed by atoms with Crippen LogP contribution in [0.2, 0.25) is 0 Å². The number of hydrogen-bond acceptors (Lipinski definition) is 3. The topological polar surface area (TPSA) is 75.3 Å². The first kappa shape index (κ1) is 12.4. The molecule has 0 saturated carbocycles. The van der Waals surface area contributed by atoms with Crippen molar-refractivity contribution in [3.05, 3.63) is 52.5 Å². The van der Waals surface area contributed by atoms with E-state index in [4.69, 9.17) is 5.73 Å². The van der Waals surface area contributed by atoms with Gasteiger partial charge in [0.2, 0.25) is 0 Å². The number of nitrogen functional groups attached to an aromatic ring is 1. The number of phenolic OH excluding ortho intramolecular Hbond substituents is 1. The predicted octanol–water partition coefficient (Wildman–Crippen LogP) is 2.99. The molecule has 2 aromatic carbocycles. The lowest BCUT2D eigenvalue weighted by molar-refractivity contribution is 0.102. The minimum absolute atomic E-state index is 0.0551. The van der Waals surface area contributed by atoms with E-state index in [9.17, 15) is 9.90 Å². The molecule has 0 bridgehead atoms. The number of carbonyl (C=O) groups excluding carboxylic acids is 1. The Hall–Kier alpha value is -2.01. The second-order valence-electron chi connectivity index (χ2n) is 3.74. The van der Waals surface area contributed by atoms with Crippen molar-refractivity contribution in [2.75, 3.05) is 11.1 Å². The Balaban J connectivity index is 2.18. The number of halogens is 1. The first-order valence-electron chi connectivity index (χ1n) is 5.21. The van der Waals surface area contributed by atoms with E-state index in [1.54, 1.807) is 36.4 Å². The molecule has 92 valence electrons. The molecule has 0 saturated heterocycles. The zero-order valence-electron chi connectivity index (χ0n) is 9.35. The number of benzene rings is 2. The van der Waals surface area contributed by atoms with Crippen molar-refractivity contribution in [3.63, 3.8) is 0 Å². The van der Waals surface area contributed by atoms with Crippen LogP contribution in [0.5, 0.6) is 5.75 Å². The molecule has 0 atom stereocenters. The van der Waals surface area contributed by atoms with Gasteiger partial charge >= 0.3 is 0 Å². The smallest absolute Gasteiger partial charge is 0.255 e. The number of hydrogen-bond donors (Lipinski definition) is 3. The van der Waals surface area contributed by atoms with E-state index < -0.39 is 0 Å². The van der Waals surface area contributed by atoms with Crippen LogP contribution in [0.25, 0.3) is 0 Å². The van der Waals surface area contributed by atoms with Crippen LogP contribution in [0.4, 0.5) is 11.4 Å². The third-order valence-corrected chi connectivity index (χ3v) is 2.91. The molecule has 2 aromatic rings. The summed E-state index contributed by atoms with van der Waals surface area (Å²) < 4.78 is 0.898. The van der Waals surface area contributed by atoms with Crippen molar-refractivity contribution in [2.45, 2.75) is 0 Å². The second-order valence-corrected chi connectivity index (χ2v) is 4.65. The van der Waals surface area contributed by atoms with Crippen LogP contribution < -0.4 is 11.1 Å². The maximum Gasteiger partial charge on any atom is 0.255 e. The Morgan fingerprint density at radius 2 is 1.83 bits per heavy atom. The highest BCUT2D eigenvalue weighted by Gasteiger charge is 2.08. The van der Waals surface area contributed by atoms with Gasteiger partial charge in [-0.05, 0) is 36.4 Å². The van der Waals surface area contributed by atoms with Crippen LogP contribution in [0, 0.1) is 0 Å². The Labute approximate surface area is 113 Å². The lowest BCUT2D eigenvalue weighted by Crippen LogP contribution is -2.11. The number of amides is 1. The highest BCUT2D eigenvalue weighted by molar-refractivity contribution is 9.10. The highest BCUT2D eigenvalue weighted by atomic mass is 79.9. The van der Waals surface area contributed by atoms with Gasteiger partial charge in [0.25, 0.3) is 5.91 Å². The number of carbonyl (C=O) groups is 1. The molecule has 4 nitrogen and oxygen atoms in total. The van der Waals surface area contributed by atoms with Crippen LogP contribution in [-0.2, 0) is 0 Å². The van der Waals surface area contributed by atoms with E-state index >= 15 is 0 Å². The predicted molar refractivity (Wildman–Crippen MR) is 74.6 cm³/mol. The highest BCUT2D eigenvalue weighted by Crippen LogP contribution is 2.25. The average molecular weight is 307 g/mol. The van der Waals surface area contributed by atoms with Crippen molar-refractivity contribution in [3.8, 4) is 5.75 Å². The molecule has 0 heterocycles. The zero-order chi connectivity index (χ0) is 13.1. The summed E-state index contributed by atoms with van der Waals surface area (Å²) in [6.45, 7) is 0. The van der Waals surface area contributed by atoms with Gasteiger partial charge in [-0.1, -0.05) is 15.9 Å². The molecule has 0 aliphatic heterocycles. The number of phenols is 1. The molecular formula is C13H11BrN2O2. The summed E-state index contributed by atoms with van der Waals surface area (Å²) in [6, 6.07) is 11.5. The quantitative estimate of drug-likeness (QED) is 0.590. The molecular weight excluding hydrogens is 296 g/mol. The lowest BCUT2D eigenvalue weighted by atomic mass is 10.2. The van der Waals surface area contributed by atoms with E-state index in [0.717, 1.165) is 4.47 Å². The minimum Gasteiger partial charge on any atom is -0.506 e. The molecule has 2 rings (SSSR count). The third-order valence-electron chi connectivity index (χ3n) is 2.38. The van der Waals surface area contributed by atoms with E-state index in [1.807, 2.05) is 0 Å². The molecule has 0 spiro atoms. The minimum atomic E-state index is -0.289. The van der Waals surface area contributed by atoms with Gasteiger partial charge in [0.1, 0.15) is 5.75 Å². The molecule has 0 unspecified atom stereocenters. The average Bonchev–Trinajstić information content (AvgIpc) is 2.33. The SMILES string of the molecule is Nc1ccc(NC(=O)c2ccc(Br)cc2)c(O)c1. The zero-order valence-corrected chi connectivity index (χ0v) is 10.9. The molecule has 0 aliphatic carbocycles. The van der Waals surface area contributed by atoms with Gasteiger partial charge in [0.05, 0.1) is 5.69 Å². The van der Waals surface area contributed by atoms with Crippen molar-refractivity contribution in [2.24, 2.45) is 0 Å². The molecule has 4 N–H and O–H groups in total. The number of aromatic hydroxyl groups is 1. The Morgan fingerprint density at radius 3 is 2.44 bits per heavy atom. The number of nitrogens with one attached hydrogen (secondary N) is 1. The van der Waals surface area contributed by atoms with Crippen molar-refractivity contribution in [1.82, 2.24) is 0 Å². The standard InChI is InChI=1S/C13H11BrN2O2/c14-9-3-1-8(2-4-9)13(18)16-11-6-5-10(15)7-12(11)17/h1-7,17H,15H2,(H,16,18). The van der Waals surface area contributed by atoms with Crippen molar-refractivity contribution < 1.29 is 9.90 Å². The van der Waals surface area contributed by atoms with Gasteiger partial charge < -0.3 is 16.2 Å². The number of anilines is 2. The fourth-order valence-corrected chi connectivity index (χ4v) is 1.71. The normalized spacial score (nSPS) is 10.1. The maximum absolute atomic E-state index is 11.9. The number of nitrogens with two attached hydrogens (primary N) is 1. The molecule has 0 aromatic heterocycles. The number of rotatable bonds is 2. The van der Waals surface area contributed by atoms with Crippen LogP contribution >= 0.6 is 15.9 Å². The third kappa shape index (κ3) is 2.81. The van der Waals surface area contributed by atoms with Crippen LogP contribution in [0.15, 0.2) is 46.9 Å². The van der Waals surface area contributed by atoms with Gasteiger partial charge in [-0.3, -0.25) is 4.79 Å². The molecule has 18 heavy (non-hydrogen) atoms. The summed E-state index contributed by atoms with van der Waals surface area (Å²) in [5, 5.41) is 12.2. The van der Waals surface area contributed by atoms with Crippen LogP contribution in [-0.4, -0.2) is 11.0 Å². The van der Waals surface area contributed by atoms with Crippen LogP contribution in [0.3, 0.4) is 0 Å². The summed E-state index contributed by atoms with van der Waals surface area (Å²) >= 11 is 3.30. The fraction of sp³-hybridized carbons (Fsp3) is 0. The van der Waals surface area contributed by atoms with E-state index in [0.29, 0.717) is 16.9 Å². The summed E-state index contributed by atoms with van der Waals surface area (Å²) in [5.41, 5.74) is 6.79. The van der Waals surface area contributed by atoms with Gasteiger partial charge in [-0.15, -0.1) is 0 Å². The van der Waals surface area contributed by atoms with Gasteiger partial charge in [-0.25, -0.2) is 0 Å². The summed E-state index contributed by atoms with van der Waals surface area (Å²) in [4.78, 5) is 11.9. The Morgan fingerprint density at radius 1 is 1.17 bits per heavy atom. The summed E-state index contributed by atoms with van der Waals surface area (Å²) in [6.07, 6.45) is 0. The monoisotopic (exact) mass is 306 g/mol. The lowest BCUT2D eigenvalue weighted by Gasteiger charge is -2.07.